The summed E-state index contributed by atoms with van der Waals surface area (Å²) in [5.74, 6) is 0.0929. The van der Waals surface area contributed by atoms with Gasteiger partial charge in [-0.1, -0.05) is 0 Å². The van der Waals surface area contributed by atoms with E-state index in [1.165, 1.54) is 24.4 Å². The van der Waals surface area contributed by atoms with E-state index in [4.69, 9.17) is 0 Å². The Kier molecular flexibility index (Phi) is 3.32. The minimum Gasteiger partial charge on any atom is -0.334 e. The lowest BCUT2D eigenvalue weighted by molar-refractivity contribution is 0.0173. The van der Waals surface area contributed by atoms with E-state index in [0.717, 1.165) is 26.2 Å². The van der Waals surface area contributed by atoms with Crippen molar-refractivity contribution >= 4 is 17.2 Å². The Balaban J connectivity index is 1.52. The molecule has 98 valence electrons. The highest BCUT2D eigenvalue weighted by atomic mass is 32.1. The van der Waals surface area contributed by atoms with Gasteiger partial charge in [-0.2, -0.15) is 0 Å². The molecule has 0 unspecified atom stereocenters. The summed E-state index contributed by atoms with van der Waals surface area (Å²) in [5, 5.41) is 2.47. The molecule has 6 heteroatoms. The molecule has 0 bridgehead atoms. The quantitative estimate of drug-likeness (QED) is 0.767. The van der Waals surface area contributed by atoms with Crippen molar-refractivity contribution in [2.45, 2.75) is 6.04 Å². The summed E-state index contributed by atoms with van der Waals surface area (Å²) in [6.07, 6.45) is 1.69. The predicted molar refractivity (Wildman–Crippen MR) is 70.9 cm³/mol. The molecule has 2 fully saturated rings. The summed E-state index contributed by atoms with van der Waals surface area (Å²) >= 11 is 1.43. The summed E-state index contributed by atoms with van der Waals surface area (Å²) in [6, 6.07) is 0.701. The van der Waals surface area contributed by atoms with E-state index in [0.29, 0.717) is 11.0 Å². The number of amides is 1. The van der Waals surface area contributed by atoms with E-state index in [1.54, 1.807) is 6.20 Å². The van der Waals surface area contributed by atoms with Gasteiger partial charge in [-0.05, 0) is 7.05 Å². The first-order valence-corrected chi connectivity index (χ1v) is 7.23. The molecular weight excluding hydrogens is 248 g/mol. The van der Waals surface area contributed by atoms with Crippen molar-refractivity contribution in [1.82, 2.24) is 19.7 Å². The highest BCUT2D eigenvalue weighted by molar-refractivity contribution is 7.11. The number of carbonyl (C=O) groups is 1. The number of nitrogens with zero attached hydrogens (tertiary/aromatic N) is 4. The lowest BCUT2D eigenvalue weighted by Gasteiger charge is -2.46. The van der Waals surface area contributed by atoms with Crippen LogP contribution in [-0.2, 0) is 0 Å². The van der Waals surface area contributed by atoms with Gasteiger partial charge >= 0.3 is 0 Å². The Hall–Kier alpha value is -0.980. The maximum atomic E-state index is 12.1. The zero-order valence-corrected chi connectivity index (χ0v) is 11.4. The van der Waals surface area contributed by atoms with Crippen LogP contribution in [0.1, 0.15) is 9.80 Å². The fourth-order valence-corrected chi connectivity index (χ4v) is 3.25. The van der Waals surface area contributed by atoms with E-state index in [-0.39, 0.29) is 5.91 Å². The third-order valence-corrected chi connectivity index (χ3v) is 4.54. The number of hydrogen-bond acceptors (Lipinski definition) is 5. The molecular formula is C12H18N4OS. The summed E-state index contributed by atoms with van der Waals surface area (Å²) in [6.45, 7) is 5.99. The lowest BCUT2D eigenvalue weighted by Crippen LogP contribution is -2.62. The second kappa shape index (κ2) is 4.95. The molecule has 2 saturated heterocycles. The van der Waals surface area contributed by atoms with Crippen molar-refractivity contribution in [3.63, 3.8) is 0 Å². The van der Waals surface area contributed by atoms with E-state index < -0.39 is 0 Å². The normalized spacial score (nSPS) is 23.1. The fraction of sp³-hybridized carbons (Fsp3) is 0.667. The number of rotatable bonds is 2. The van der Waals surface area contributed by atoms with Gasteiger partial charge in [-0.15, -0.1) is 11.3 Å². The van der Waals surface area contributed by atoms with Crippen LogP contribution < -0.4 is 0 Å². The van der Waals surface area contributed by atoms with Gasteiger partial charge in [0.25, 0.3) is 5.91 Å². The Bertz CT molecular complexity index is 408. The molecule has 18 heavy (non-hydrogen) atoms. The fourth-order valence-electron chi connectivity index (χ4n) is 2.65. The molecule has 0 N–H and O–H groups in total. The summed E-state index contributed by atoms with van der Waals surface area (Å²) in [4.78, 5) is 23.0. The second-order valence-corrected chi connectivity index (χ2v) is 5.94. The smallest absolute Gasteiger partial charge is 0.282 e. The average molecular weight is 266 g/mol. The van der Waals surface area contributed by atoms with Crippen LogP contribution in [0.5, 0.6) is 0 Å². The van der Waals surface area contributed by atoms with E-state index in [1.807, 2.05) is 10.3 Å². The standard InChI is InChI=1S/C12H18N4OS/c1-14-8-10(9-14)15-3-5-16(6-4-15)12(17)11-13-2-7-18-11/h2,7,10H,3-6,8-9H2,1H3. The molecule has 1 amide bonds. The number of hydrogen-bond donors (Lipinski definition) is 0. The van der Waals surface area contributed by atoms with Crippen LogP contribution in [0.15, 0.2) is 11.6 Å². The Labute approximate surface area is 111 Å². The van der Waals surface area contributed by atoms with Crippen molar-refractivity contribution in [3.8, 4) is 0 Å². The van der Waals surface area contributed by atoms with Gasteiger partial charge in [0.15, 0.2) is 5.01 Å². The van der Waals surface area contributed by atoms with E-state index in [2.05, 4.69) is 21.8 Å². The molecule has 0 atom stereocenters. The van der Waals surface area contributed by atoms with Gasteiger partial charge in [0, 0.05) is 56.9 Å². The van der Waals surface area contributed by atoms with E-state index in [9.17, 15) is 4.79 Å². The first-order valence-electron chi connectivity index (χ1n) is 6.35. The number of piperazine rings is 1. The van der Waals surface area contributed by atoms with Gasteiger partial charge < -0.3 is 9.80 Å². The monoisotopic (exact) mass is 266 g/mol. The molecule has 0 aromatic carbocycles. The van der Waals surface area contributed by atoms with Gasteiger partial charge in [0.1, 0.15) is 0 Å². The average Bonchev–Trinajstić information content (AvgIpc) is 2.88. The molecule has 1 aromatic heterocycles. The van der Waals surface area contributed by atoms with Crippen LogP contribution in [0.2, 0.25) is 0 Å². The number of aromatic nitrogens is 1. The van der Waals surface area contributed by atoms with Gasteiger partial charge in [0.2, 0.25) is 0 Å². The maximum Gasteiger partial charge on any atom is 0.282 e. The van der Waals surface area contributed by atoms with Gasteiger partial charge in [-0.3, -0.25) is 9.69 Å². The first-order chi connectivity index (χ1) is 8.74. The molecule has 0 aliphatic carbocycles. The topological polar surface area (TPSA) is 39.7 Å². The predicted octanol–water partition coefficient (Wildman–Crippen LogP) is 0.215. The molecule has 0 saturated carbocycles. The molecule has 5 nitrogen and oxygen atoms in total. The van der Waals surface area contributed by atoms with Crippen LogP contribution in [0.4, 0.5) is 0 Å². The Morgan fingerprint density at radius 3 is 2.61 bits per heavy atom. The zero-order valence-electron chi connectivity index (χ0n) is 10.6. The van der Waals surface area contributed by atoms with Crippen molar-refractivity contribution in [1.29, 1.82) is 0 Å². The maximum absolute atomic E-state index is 12.1. The third kappa shape index (κ3) is 2.28. The van der Waals surface area contributed by atoms with Crippen molar-refractivity contribution in [3.05, 3.63) is 16.6 Å². The highest BCUT2D eigenvalue weighted by Gasteiger charge is 2.32. The van der Waals surface area contributed by atoms with Crippen LogP contribution in [0, 0.1) is 0 Å². The summed E-state index contributed by atoms with van der Waals surface area (Å²) < 4.78 is 0. The second-order valence-electron chi connectivity index (χ2n) is 5.04. The number of likely N-dealkylation sites (tertiary alicyclic amines) is 1. The number of thiazole rings is 1. The zero-order chi connectivity index (χ0) is 12.5. The van der Waals surface area contributed by atoms with Gasteiger partial charge in [-0.25, -0.2) is 4.98 Å². The Morgan fingerprint density at radius 2 is 2.06 bits per heavy atom. The highest BCUT2D eigenvalue weighted by Crippen LogP contribution is 2.16. The van der Waals surface area contributed by atoms with Crippen LogP contribution in [-0.4, -0.2) is 77.9 Å². The van der Waals surface area contributed by atoms with Crippen LogP contribution in [0.3, 0.4) is 0 Å². The molecule has 3 heterocycles. The summed E-state index contributed by atoms with van der Waals surface area (Å²) in [5.41, 5.74) is 0. The molecule has 1 aromatic rings. The molecule has 0 radical (unpaired) electrons. The van der Waals surface area contributed by atoms with Crippen LogP contribution >= 0.6 is 11.3 Å². The van der Waals surface area contributed by atoms with Crippen molar-refractivity contribution in [2.75, 3.05) is 46.3 Å². The minimum absolute atomic E-state index is 0.0929. The largest absolute Gasteiger partial charge is 0.334 e. The first kappa shape index (κ1) is 12.1. The SMILES string of the molecule is CN1CC(N2CCN(C(=O)c3nccs3)CC2)C1. The van der Waals surface area contributed by atoms with E-state index >= 15 is 0 Å². The Morgan fingerprint density at radius 1 is 1.33 bits per heavy atom. The third-order valence-electron chi connectivity index (χ3n) is 3.78. The number of likely N-dealkylation sites (N-methyl/N-ethyl adjacent to an activating group) is 1. The molecule has 2 aliphatic rings. The molecule has 3 rings (SSSR count). The molecule has 0 spiro atoms. The minimum atomic E-state index is 0.0929. The van der Waals surface area contributed by atoms with Crippen molar-refractivity contribution in [2.24, 2.45) is 0 Å². The van der Waals surface area contributed by atoms with Crippen molar-refractivity contribution < 1.29 is 4.79 Å². The lowest BCUT2D eigenvalue weighted by atomic mass is 10.1. The van der Waals surface area contributed by atoms with Crippen LogP contribution in [0.25, 0.3) is 0 Å². The molecule has 2 aliphatic heterocycles. The summed E-state index contributed by atoms with van der Waals surface area (Å²) in [7, 11) is 2.15. The van der Waals surface area contributed by atoms with Gasteiger partial charge in [0.05, 0.1) is 0 Å². The number of carbonyl (C=O) groups excluding carboxylic acids is 1.